The minimum Gasteiger partial charge on any atom is -0.381 e. The molecule has 0 unspecified atom stereocenters. The Labute approximate surface area is 113 Å². The Morgan fingerprint density at radius 2 is 1.81 bits per heavy atom. The molecule has 0 aliphatic heterocycles. The lowest BCUT2D eigenvalue weighted by molar-refractivity contribution is 0.411. The highest BCUT2D eigenvalue weighted by Gasteiger charge is 2.18. The summed E-state index contributed by atoms with van der Waals surface area (Å²) in [6.45, 7) is 0. The third-order valence-corrected chi connectivity index (χ3v) is 4.24. The van der Waals surface area contributed by atoms with E-state index in [-0.39, 0.29) is 0 Å². The molecule has 1 saturated carbocycles. The fraction of sp³-hybridized carbons (Fsp3) is 0.500. The average Bonchev–Trinajstić information content (AvgIpc) is 2.27. The molecule has 0 amide bonds. The number of nitrogens with one attached hydrogen (secondary N) is 1. The molecular weight excluding hydrogens is 332 g/mol. The standard InChI is InChI=1S/C12H16Br2N2/c13-8-1-6-11(14)12(7-8)16-10-4-2-9(15)3-5-10/h1,6-7,9-10,16H,2-5,15H2. The first-order valence-electron chi connectivity index (χ1n) is 5.62. The van der Waals surface area contributed by atoms with Crippen molar-refractivity contribution in [2.24, 2.45) is 5.73 Å². The van der Waals surface area contributed by atoms with Gasteiger partial charge in [-0.25, -0.2) is 0 Å². The molecule has 0 bridgehead atoms. The number of rotatable bonds is 2. The van der Waals surface area contributed by atoms with Crippen molar-refractivity contribution in [1.82, 2.24) is 0 Å². The first-order valence-corrected chi connectivity index (χ1v) is 7.21. The number of hydrogen-bond acceptors (Lipinski definition) is 2. The maximum Gasteiger partial charge on any atom is 0.0498 e. The summed E-state index contributed by atoms with van der Waals surface area (Å²) in [5, 5.41) is 3.58. The molecule has 0 aromatic heterocycles. The SMILES string of the molecule is NC1CCC(Nc2cc(Br)ccc2Br)CC1. The summed E-state index contributed by atoms with van der Waals surface area (Å²) in [5.41, 5.74) is 7.06. The lowest BCUT2D eigenvalue weighted by atomic mass is 9.92. The van der Waals surface area contributed by atoms with Crippen molar-refractivity contribution in [2.75, 3.05) is 5.32 Å². The van der Waals surface area contributed by atoms with Crippen molar-refractivity contribution < 1.29 is 0 Å². The molecule has 0 radical (unpaired) electrons. The van der Waals surface area contributed by atoms with E-state index in [4.69, 9.17) is 5.73 Å². The van der Waals surface area contributed by atoms with Gasteiger partial charge < -0.3 is 11.1 Å². The molecule has 0 saturated heterocycles. The maximum atomic E-state index is 5.90. The Morgan fingerprint density at radius 3 is 2.50 bits per heavy atom. The summed E-state index contributed by atoms with van der Waals surface area (Å²) in [6, 6.07) is 7.17. The van der Waals surface area contributed by atoms with Gasteiger partial charge in [0.05, 0.1) is 0 Å². The Bertz CT molecular complexity index is 360. The van der Waals surface area contributed by atoms with E-state index in [2.05, 4.69) is 49.3 Å². The van der Waals surface area contributed by atoms with Crippen LogP contribution in [0.15, 0.2) is 27.1 Å². The van der Waals surface area contributed by atoms with Crippen LogP contribution in [0, 0.1) is 0 Å². The van der Waals surface area contributed by atoms with Gasteiger partial charge >= 0.3 is 0 Å². The smallest absolute Gasteiger partial charge is 0.0498 e. The van der Waals surface area contributed by atoms with E-state index in [1.165, 1.54) is 12.8 Å². The van der Waals surface area contributed by atoms with Crippen LogP contribution < -0.4 is 11.1 Å². The Morgan fingerprint density at radius 1 is 1.12 bits per heavy atom. The van der Waals surface area contributed by atoms with Crippen molar-refractivity contribution in [3.8, 4) is 0 Å². The molecule has 0 heterocycles. The molecule has 3 N–H and O–H groups in total. The van der Waals surface area contributed by atoms with Crippen LogP contribution in [0.3, 0.4) is 0 Å². The number of halogens is 2. The van der Waals surface area contributed by atoms with Gasteiger partial charge in [-0.05, 0) is 59.8 Å². The predicted octanol–water partition coefficient (Wildman–Crippen LogP) is 3.89. The Hall–Kier alpha value is -0.0600. The molecule has 2 rings (SSSR count). The molecule has 16 heavy (non-hydrogen) atoms. The zero-order valence-electron chi connectivity index (χ0n) is 9.05. The fourth-order valence-electron chi connectivity index (χ4n) is 2.09. The van der Waals surface area contributed by atoms with Crippen LogP contribution in [0.1, 0.15) is 25.7 Å². The topological polar surface area (TPSA) is 38.0 Å². The van der Waals surface area contributed by atoms with Gasteiger partial charge in [0.1, 0.15) is 0 Å². The Kier molecular flexibility index (Phi) is 4.27. The lowest BCUT2D eigenvalue weighted by Gasteiger charge is -2.28. The highest BCUT2D eigenvalue weighted by Crippen LogP contribution is 2.29. The zero-order valence-corrected chi connectivity index (χ0v) is 12.2. The van der Waals surface area contributed by atoms with E-state index >= 15 is 0 Å². The van der Waals surface area contributed by atoms with Crippen molar-refractivity contribution in [2.45, 2.75) is 37.8 Å². The molecule has 1 aliphatic carbocycles. The normalized spacial score (nSPS) is 25.4. The first kappa shape index (κ1) is 12.4. The summed E-state index contributed by atoms with van der Waals surface area (Å²) in [4.78, 5) is 0. The monoisotopic (exact) mass is 346 g/mol. The molecular formula is C12H16Br2N2. The van der Waals surface area contributed by atoms with Gasteiger partial charge in [-0.15, -0.1) is 0 Å². The van der Waals surface area contributed by atoms with E-state index in [1.54, 1.807) is 0 Å². The van der Waals surface area contributed by atoms with Crippen LogP contribution >= 0.6 is 31.9 Å². The predicted molar refractivity (Wildman–Crippen MR) is 75.7 cm³/mol. The number of anilines is 1. The summed E-state index contributed by atoms with van der Waals surface area (Å²) >= 11 is 7.05. The van der Waals surface area contributed by atoms with Gasteiger partial charge in [-0.1, -0.05) is 15.9 Å². The van der Waals surface area contributed by atoms with Crippen LogP contribution in [0.4, 0.5) is 5.69 Å². The molecule has 1 aromatic carbocycles. The van der Waals surface area contributed by atoms with Gasteiger partial charge in [0.15, 0.2) is 0 Å². The van der Waals surface area contributed by atoms with E-state index in [0.717, 1.165) is 27.5 Å². The van der Waals surface area contributed by atoms with Gasteiger partial charge in [-0.2, -0.15) is 0 Å². The average molecular weight is 348 g/mol. The van der Waals surface area contributed by atoms with Gasteiger partial charge in [0, 0.05) is 26.7 Å². The highest BCUT2D eigenvalue weighted by atomic mass is 79.9. The summed E-state index contributed by atoms with van der Waals surface area (Å²) in [6.07, 6.45) is 4.59. The van der Waals surface area contributed by atoms with Crippen molar-refractivity contribution in [1.29, 1.82) is 0 Å². The fourth-order valence-corrected chi connectivity index (χ4v) is 2.81. The van der Waals surface area contributed by atoms with E-state index in [1.807, 2.05) is 6.07 Å². The molecule has 4 heteroatoms. The third kappa shape index (κ3) is 3.22. The maximum absolute atomic E-state index is 5.90. The van der Waals surface area contributed by atoms with E-state index in [0.29, 0.717) is 12.1 Å². The number of benzene rings is 1. The van der Waals surface area contributed by atoms with Crippen LogP contribution in [0.25, 0.3) is 0 Å². The summed E-state index contributed by atoms with van der Waals surface area (Å²) in [7, 11) is 0. The summed E-state index contributed by atoms with van der Waals surface area (Å²) in [5.74, 6) is 0. The molecule has 0 atom stereocenters. The Balaban J connectivity index is 2.00. The van der Waals surface area contributed by atoms with Crippen LogP contribution in [0.5, 0.6) is 0 Å². The van der Waals surface area contributed by atoms with Gasteiger partial charge in [0.2, 0.25) is 0 Å². The molecule has 1 aliphatic rings. The third-order valence-electron chi connectivity index (χ3n) is 3.06. The zero-order chi connectivity index (χ0) is 11.5. The van der Waals surface area contributed by atoms with Crippen LogP contribution in [-0.4, -0.2) is 12.1 Å². The number of nitrogens with two attached hydrogens (primary N) is 1. The number of hydrogen-bond donors (Lipinski definition) is 2. The molecule has 2 nitrogen and oxygen atoms in total. The quantitative estimate of drug-likeness (QED) is 0.851. The molecule has 1 fully saturated rings. The summed E-state index contributed by atoms with van der Waals surface area (Å²) < 4.78 is 2.22. The van der Waals surface area contributed by atoms with E-state index < -0.39 is 0 Å². The second-order valence-electron chi connectivity index (χ2n) is 4.38. The lowest BCUT2D eigenvalue weighted by Crippen LogP contribution is -2.32. The van der Waals surface area contributed by atoms with Crippen LogP contribution in [-0.2, 0) is 0 Å². The molecule has 1 aromatic rings. The highest BCUT2D eigenvalue weighted by molar-refractivity contribution is 9.11. The van der Waals surface area contributed by atoms with Crippen molar-refractivity contribution in [3.63, 3.8) is 0 Å². The second kappa shape index (κ2) is 5.52. The van der Waals surface area contributed by atoms with Crippen molar-refractivity contribution >= 4 is 37.5 Å². The van der Waals surface area contributed by atoms with Crippen molar-refractivity contribution in [3.05, 3.63) is 27.1 Å². The van der Waals surface area contributed by atoms with E-state index in [9.17, 15) is 0 Å². The minimum atomic E-state index is 0.406. The van der Waals surface area contributed by atoms with Gasteiger partial charge in [-0.3, -0.25) is 0 Å². The van der Waals surface area contributed by atoms with Gasteiger partial charge in [0.25, 0.3) is 0 Å². The first-order chi connectivity index (χ1) is 7.65. The second-order valence-corrected chi connectivity index (χ2v) is 6.15. The minimum absolute atomic E-state index is 0.406. The molecule has 0 spiro atoms. The largest absolute Gasteiger partial charge is 0.381 e. The molecule has 88 valence electrons. The van der Waals surface area contributed by atoms with Crippen LogP contribution in [0.2, 0.25) is 0 Å².